The molecule has 0 saturated heterocycles. The molecule has 0 aromatic carbocycles. The summed E-state index contributed by atoms with van der Waals surface area (Å²) >= 11 is 0. The van der Waals surface area contributed by atoms with Crippen LogP contribution in [0.2, 0.25) is 0 Å². The van der Waals surface area contributed by atoms with Gasteiger partial charge in [-0.05, 0) is 12.1 Å². The fourth-order valence-electron chi connectivity index (χ4n) is 1.01. The van der Waals surface area contributed by atoms with Gasteiger partial charge in [0.2, 0.25) is 0 Å². The fraction of sp³-hybridized carbons (Fsp3) is 0.111. The molecule has 0 saturated carbocycles. The highest BCUT2D eigenvalue weighted by Gasteiger charge is 1.99. The minimum absolute atomic E-state index is 0.790. The minimum Gasteiger partial charge on any atom is -0.275 e. The molecule has 0 aliphatic heterocycles. The summed E-state index contributed by atoms with van der Waals surface area (Å²) in [6, 6.07) is 8.60. The van der Waals surface area contributed by atoms with Gasteiger partial charge in [0.15, 0.2) is 0 Å². The van der Waals surface area contributed by atoms with Crippen molar-refractivity contribution in [3.63, 3.8) is 0 Å². The summed E-state index contributed by atoms with van der Waals surface area (Å²) in [5, 5.41) is 4.20. The van der Waals surface area contributed by atoms with Gasteiger partial charge in [0.05, 0.1) is 5.69 Å². The lowest BCUT2D eigenvalue weighted by molar-refractivity contribution is 0.770. The van der Waals surface area contributed by atoms with Crippen LogP contribution in [0.4, 0.5) is 0 Å². The van der Waals surface area contributed by atoms with E-state index in [1.807, 2.05) is 31.4 Å². The Morgan fingerprint density at radius 2 is 2.42 bits per heavy atom. The topological polar surface area (TPSA) is 30.7 Å². The summed E-state index contributed by atoms with van der Waals surface area (Å²) in [6.07, 6.45) is 3.62. The molecule has 2 heterocycles. The van der Waals surface area contributed by atoms with E-state index in [1.54, 1.807) is 10.9 Å². The van der Waals surface area contributed by atoms with Gasteiger partial charge in [0.1, 0.15) is 5.69 Å². The third-order valence-corrected chi connectivity index (χ3v) is 1.56. The molecule has 0 fully saturated rings. The molecule has 0 aliphatic carbocycles. The zero-order valence-electron chi connectivity index (χ0n) is 6.73. The maximum Gasteiger partial charge on any atom is 0.111 e. The molecule has 0 N–H and O–H groups in total. The number of hydrogen-bond donors (Lipinski definition) is 0. The van der Waals surface area contributed by atoms with Crippen LogP contribution >= 0.6 is 0 Å². The molecule has 59 valence electrons. The normalized spacial score (nSPS) is 10.1. The van der Waals surface area contributed by atoms with Crippen LogP contribution in [0.3, 0.4) is 0 Å². The first-order chi connectivity index (χ1) is 5.86. The van der Waals surface area contributed by atoms with Gasteiger partial charge in [-0.3, -0.25) is 9.67 Å². The Hall–Kier alpha value is -1.64. The molecule has 0 atom stereocenters. The highest BCUT2D eigenvalue weighted by atomic mass is 15.2. The number of hydrogen-bond acceptors (Lipinski definition) is 2. The minimum atomic E-state index is 0.790. The van der Waals surface area contributed by atoms with E-state index in [0.717, 1.165) is 11.4 Å². The van der Waals surface area contributed by atoms with Crippen molar-refractivity contribution in [1.29, 1.82) is 0 Å². The van der Waals surface area contributed by atoms with Crippen molar-refractivity contribution >= 4 is 0 Å². The molecule has 3 heteroatoms. The summed E-state index contributed by atoms with van der Waals surface area (Å²) < 4.78 is 1.75. The van der Waals surface area contributed by atoms with E-state index >= 15 is 0 Å². The van der Waals surface area contributed by atoms with Crippen molar-refractivity contribution in [2.75, 3.05) is 0 Å². The van der Waals surface area contributed by atoms with E-state index in [1.165, 1.54) is 0 Å². The number of pyridine rings is 1. The molecule has 0 aliphatic rings. The quantitative estimate of drug-likeness (QED) is 0.626. The Labute approximate surface area is 70.7 Å². The molecule has 1 radical (unpaired) electrons. The first-order valence-electron chi connectivity index (χ1n) is 3.69. The highest BCUT2D eigenvalue weighted by molar-refractivity contribution is 5.51. The van der Waals surface area contributed by atoms with E-state index in [0.29, 0.717) is 0 Å². The second-order valence-electron chi connectivity index (χ2n) is 2.50. The van der Waals surface area contributed by atoms with Gasteiger partial charge in [0.25, 0.3) is 0 Å². The van der Waals surface area contributed by atoms with Gasteiger partial charge in [-0.1, -0.05) is 6.07 Å². The van der Waals surface area contributed by atoms with E-state index < -0.39 is 0 Å². The van der Waals surface area contributed by atoms with Crippen molar-refractivity contribution in [2.24, 2.45) is 7.05 Å². The van der Waals surface area contributed by atoms with Gasteiger partial charge in [0, 0.05) is 25.5 Å². The Kier molecular flexibility index (Phi) is 1.63. The van der Waals surface area contributed by atoms with E-state index in [4.69, 9.17) is 0 Å². The molecule has 12 heavy (non-hydrogen) atoms. The predicted octanol–water partition coefficient (Wildman–Crippen LogP) is 1.28. The predicted molar refractivity (Wildman–Crippen MR) is 45.3 cm³/mol. The van der Waals surface area contributed by atoms with Crippen LogP contribution in [-0.2, 0) is 7.05 Å². The van der Waals surface area contributed by atoms with E-state index in [2.05, 4.69) is 16.1 Å². The monoisotopic (exact) mass is 158 g/mol. The maximum atomic E-state index is 4.20. The third-order valence-electron chi connectivity index (χ3n) is 1.56. The lowest BCUT2D eigenvalue weighted by atomic mass is 10.3. The Morgan fingerprint density at radius 1 is 1.50 bits per heavy atom. The summed E-state index contributed by atoms with van der Waals surface area (Å²) in [5.41, 5.74) is 1.65. The zero-order chi connectivity index (χ0) is 8.39. The van der Waals surface area contributed by atoms with Crippen molar-refractivity contribution in [1.82, 2.24) is 14.8 Å². The van der Waals surface area contributed by atoms with Gasteiger partial charge in [-0.15, -0.1) is 0 Å². The molecule has 3 nitrogen and oxygen atoms in total. The molecule has 2 aromatic heterocycles. The first-order valence-corrected chi connectivity index (χ1v) is 3.69. The van der Waals surface area contributed by atoms with Crippen molar-refractivity contribution in [3.05, 3.63) is 36.7 Å². The number of aryl methyl sites for hydroxylation is 1. The molecule has 2 rings (SSSR count). The molecule has 0 amide bonds. The van der Waals surface area contributed by atoms with Crippen LogP contribution in [0.1, 0.15) is 0 Å². The highest BCUT2D eigenvalue weighted by Crippen LogP contribution is 2.10. The second kappa shape index (κ2) is 2.77. The Balaban J connectivity index is 2.45. The molecule has 0 unspecified atom stereocenters. The van der Waals surface area contributed by atoms with E-state index in [-0.39, 0.29) is 0 Å². The molecular weight excluding hydrogens is 150 g/mol. The smallest absolute Gasteiger partial charge is 0.111 e. The van der Waals surface area contributed by atoms with Crippen LogP contribution in [0.25, 0.3) is 11.4 Å². The van der Waals surface area contributed by atoms with Gasteiger partial charge in [-0.2, -0.15) is 5.10 Å². The molecule has 0 spiro atoms. The molecular formula is C9H8N3. The van der Waals surface area contributed by atoms with Crippen LogP contribution in [0.15, 0.2) is 30.6 Å². The summed E-state index contributed by atoms with van der Waals surface area (Å²) in [5.74, 6) is 0. The fourth-order valence-corrected chi connectivity index (χ4v) is 1.01. The first kappa shape index (κ1) is 7.03. The van der Waals surface area contributed by atoms with Gasteiger partial charge in [-0.25, -0.2) is 0 Å². The molecule has 2 aromatic rings. The zero-order valence-corrected chi connectivity index (χ0v) is 6.73. The number of aromatic nitrogens is 3. The van der Waals surface area contributed by atoms with Crippen LogP contribution < -0.4 is 0 Å². The van der Waals surface area contributed by atoms with Crippen molar-refractivity contribution in [3.8, 4) is 11.4 Å². The SMILES string of the molecule is Cn1ccc(-c2[c]cccn2)n1. The largest absolute Gasteiger partial charge is 0.275 e. The summed E-state index contributed by atoms with van der Waals surface area (Å²) in [6.45, 7) is 0. The second-order valence-corrected chi connectivity index (χ2v) is 2.50. The van der Waals surface area contributed by atoms with Gasteiger partial charge < -0.3 is 0 Å². The van der Waals surface area contributed by atoms with Crippen LogP contribution in [0, 0.1) is 6.07 Å². The van der Waals surface area contributed by atoms with Crippen LogP contribution in [-0.4, -0.2) is 14.8 Å². The lowest BCUT2D eigenvalue weighted by Crippen LogP contribution is -1.88. The lowest BCUT2D eigenvalue weighted by Gasteiger charge is -1.91. The third kappa shape index (κ3) is 1.21. The number of nitrogens with zero attached hydrogens (tertiary/aromatic N) is 3. The number of rotatable bonds is 1. The van der Waals surface area contributed by atoms with Gasteiger partial charge >= 0.3 is 0 Å². The average molecular weight is 158 g/mol. The molecule has 0 bridgehead atoms. The van der Waals surface area contributed by atoms with Crippen LogP contribution in [0.5, 0.6) is 0 Å². The Bertz CT molecular complexity index is 364. The van der Waals surface area contributed by atoms with E-state index in [9.17, 15) is 0 Å². The summed E-state index contributed by atoms with van der Waals surface area (Å²) in [4.78, 5) is 4.13. The average Bonchev–Trinajstić information content (AvgIpc) is 2.54. The maximum absolute atomic E-state index is 4.20. The Morgan fingerprint density at radius 3 is 3.00 bits per heavy atom. The standard InChI is InChI=1S/C9H8N3/c1-12-7-5-9(11-12)8-4-2-3-6-10-8/h2-3,5-7H,1H3. The van der Waals surface area contributed by atoms with Crippen molar-refractivity contribution < 1.29 is 0 Å². The van der Waals surface area contributed by atoms with Crippen molar-refractivity contribution in [2.45, 2.75) is 0 Å². The summed E-state index contributed by atoms with van der Waals surface area (Å²) in [7, 11) is 1.88.